The summed E-state index contributed by atoms with van der Waals surface area (Å²) in [6, 6.07) is 16.4. The number of epoxide rings is 1. The van der Waals surface area contributed by atoms with Crippen molar-refractivity contribution < 1.29 is 14.9 Å². The zero-order valence-electron chi connectivity index (χ0n) is 11.2. The van der Waals surface area contributed by atoms with Crippen LogP contribution in [0, 0.1) is 0 Å². The minimum Gasteiger partial charge on any atom is -0.387 e. The van der Waals surface area contributed by atoms with E-state index in [0.29, 0.717) is 0 Å². The van der Waals surface area contributed by atoms with Gasteiger partial charge in [-0.25, -0.2) is 0 Å². The third kappa shape index (κ3) is 1.43. The van der Waals surface area contributed by atoms with E-state index in [4.69, 9.17) is 4.74 Å². The van der Waals surface area contributed by atoms with Crippen LogP contribution in [-0.4, -0.2) is 22.4 Å². The molecule has 1 aliphatic carbocycles. The maximum Gasteiger partial charge on any atom is 0.118 e. The van der Waals surface area contributed by atoms with Gasteiger partial charge in [-0.2, -0.15) is 0 Å². The fourth-order valence-corrected chi connectivity index (χ4v) is 3.69. The molecule has 0 spiro atoms. The Morgan fingerprint density at radius 1 is 0.810 bits per heavy atom. The average molecular weight is 278 g/mol. The van der Waals surface area contributed by atoms with Crippen molar-refractivity contribution in [1.82, 2.24) is 0 Å². The summed E-state index contributed by atoms with van der Waals surface area (Å²) < 4.78 is 5.51. The number of aliphatic hydroxyl groups is 2. The molecule has 0 aromatic heterocycles. The zero-order chi connectivity index (χ0) is 14.1. The summed E-state index contributed by atoms with van der Waals surface area (Å²) in [6.45, 7) is 0. The predicted molar refractivity (Wildman–Crippen MR) is 80.0 cm³/mol. The van der Waals surface area contributed by atoms with Gasteiger partial charge in [0.1, 0.15) is 24.4 Å². The lowest BCUT2D eigenvalue weighted by molar-refractivity contribution is 0.000831. The lowest BCUT2D eigenvalue weighted by Gasteiger charge is -2.25. The standard InChI is InChI=1S/C18H14O3/c19-15-14-12-6-5-9-3-1-2-4-10(9)11(12)7-8-13(14)17-18(21-17)16(15)20/h1-8,15-20H/t15-,16+,17+,18-/m0/s1. The molecule has 1 fully saturated rings. The Morgan fingerprint density at radius 3 is 2.52 bits per heavy atom. The van der Waals surface area contributed by atoms with Gasteiger partial charge in [-0.3, -0.25) is 0 Å². The van der Waals surface area contributed by atoms with Crippen LogP contribution in [0.5, 0.6) is 0 Å². The summed E-state index contributed by atoms with van der Waals surface area (Å²) in [5.74, 6) is 0. The largest absolute Gasteiger partial charge is 0.387 e. The van der Waals surface area contributed by atoms with Crippen LogP contribution >= 0.6 is 0 Å². The minimum absolute atomic E-state index is 0.0609. The maximum atomic E-state index is 10.5. The third-order valence-electron chi connectivity index (χ3n) is 4.79. The summed E-state index contributed by atoms with van der Waals surface area (Å²) >= 11 is 0. The van der Waals surface area contributed by atoms with Crippen LogP contribution in [0.25, 0.3) is 21.5 Å². The van der Waals surface area contributed by atoms with Crippen LogP contribution in [0.15, 0.2) is 48.5 Å². The van der Waals surface area contributed by atoms with Gasteiger partial charge in [-0.05, 0) is 32.7 Å². The van der Waals surface area contributed by atoms with Crippen molar-refractivity contribution in [3.63, 3.8) is 0 Å². The molecule has 3 nitrogen and oxygen atoms in total. The molecule has 4 atom stereocenters. The van der Waals surface area contributed by atoms with E-state index >= 15 is 0 Å². The SMILES string of the molecule is O[C@H]1[C@@H]2O[C@@H]2c2ccc3c(ccc4ccccc43)c2[C@@H]1O. The molecule has 104 valence electrons. The van der Waals surface area contributed by atoms with Gasteiger partial charge in [0.15, 0.2) is 0 Å². The molecule has 21 heavy (non-hydrogen) atoms. The molecule has 2 aliphatic rings. The van der Waals surface area contributed by atoms with Crippen LogP contribution in [0.3, 0.4) is 0 Å². The smallest absolute Gasteiger partial charge is 0.118 e. The van der Waals surface area contributed by atoms with E-state index in [0.717, 1.165) is 21.9 Å². The summed E-state index contributed by atoms with van der Waals surface area (Å²) in [6.07, 6.45) is -2.02. The van der Waals surface area contributed by atoms with Crippen molar-refractivity contribution in [2.75, 3.05) is 0 Å². The molecule has 3 aromatic rings. The first kappa shape index (κ1) is 11.7. The molecule has 0 unspecified atom stereocenters. The normalized spacial score (nSPS) is 30.2. The Balaban J connectivity index is 1.90. The van der Waals surface area contributed by atoms with E-state index in [1.54, 1.807) is 0 Å². The fourth-order valence-electron chi connectivity index (χ4n) is 3.69. The Morgan fingerprint density at radius 2 is 1.62 bits per heavy atom. The number of fused-ring (bicyclic) bond motifs is 7. The lowest BCUT2D eigenvalue weighted by Crippen LogP contribution is -2.29. The zero-order valence-corrected chi connectivity index (χ0v) is 11.2. The Hall–Kier alpha value is -1.94. The summed E-state index contributed by atoms with van der Waals surface area (Å²) in [4.78, 5) is 0. The molecule has 1 heterocycles. The molecule has 3 aromatic carbocycles. The monoisotopic (exact) mass is 278 g/mol. The topological polar surface area (TPSA) is 53.0 Å². The van der Waals surface area contributed by atoms with Crippen molar-refractivity contribution in [2.45, 2.75) is 24.4 Å². The number of hydrogen-bond acceptors (Lipinski definition) is 3. The minimum atomic E-state index is -0.881. The molecular weight excluding hydrogens is 264 g/mol. The number of ether oxygens (including phenoxy) is 1. The van der Waals surface area contributed by atoms with Crippen molar-refractivity contribution >= 4 is 21.5 Å². The Bertz CT molecular complexity index is 886. The van der Waals surface area contributed by atoms with Gasteiger partial charge in [-0.1, -0.05) is 48.5 Å². The lowest BCUT2D eigenvalue weighted by atomic mass is 9.83. The molecule has 0 bridgehead atoms. The summed E-state index contributed by atoms with van der Waals surface area (Å²) in [7, 11) is 0. The van der Waals surface area contributed by atoms with Gasteiger partial charge < -0.3 is 14.9 Å². The second kappa shape index (κ2) is 3.83. The highest BCUT2D eigenvalue weighted by Crippen LogP contribution is 2.52. The quantitative estimate of drug-likeness (QED) is 0.491. The van der Waals surface area contributed by atoms with E-state index in [1.165, 1.54) is 10.8 Å². The highest BCUT2D eigenvalue weighted by Gasteiger charge is 2.54. The average Bonchev–Trinajstić information content (AvgIpc) is 3.32. The van der Waals surface area contributed by atoms with E-state index in [1.807, 2.05) is 24.3 Å². The molecule has 0 radical (unpaired) electrons. The van der Waals surface area contributed by atoms with E-state index < -0.39 is 12.2 Å². The van der Waals surface area contributed by atoms with E-state index in [9.17, 15) is 10.2 Å². The highest BCUT2D eigenvalue weighted by molar-refractivity contribution is 6.09. The van der Waals surface area contributed by atoms with Crippen molar-refractivity contribution in [2.24, 2.45) is 0 Å². The first-order chi connectivity index (χ1) is 10.3. The van der Waals surface area contributed by atoms with E-state index in [-0.39, 0.29) is 12.2 Å². The third-order valence-corrected chi connectivity index (χ3v) is 4.79. The first-order valence-corrected chi connectivity index (χ1v) is 7.21. The molecule has 5 rings (SSSR count). The van der Waals surface area contributed by atoms with Crippen molar-refractivity contribution in [1.29, 1.82) is 0 Å². The number of aliphatic hydroxyl groups excluding tert-OH is 2. The number of rotatable bonds is 0. The van der Waals surface area contributed by atoms with Gasteiger partial charge in [0.25, 0.3) is 0 Å². The van der Waals surface area contributed by atoms with Crippen LogP contribution in [0.1, 0.15) is 23.3 Å². The molecule has 0 amide bonds. The molecular formula is C18H14O3. The highest BCUT2D eigenvalue weighted by atomic mass is 16.6. The number of benzene rings is 3. The summed E-state index contributed by atoms with van der Waals surface area (Å²) in [5.41, 5.74) is 1.84. The molecule has 1 aliphatic heterocycles. The number of hydrogen-bond donors (Lipinski definition) is 2. The van der Waals surface area contributed by atoms with Gasteiger partial charge in [0.2, 0.25) is 0 Å². The molecule has 0 saturated carbocycles. The second-order valence-electron chi connectivity index (χ2n) is 5.91. The first-order valence-electron chi connectivity index (χ1n) is 7.21. The fraction of sp³-hybridized carbons (Fsp3) is 0.222. The van der Waals surface area contributed by atoms with E-state index in [2.05, 4.69) is 24.3 Å². The van der Waals surface area contributed by atoms with Gasteiger partial charge in [-0.15, -0.1) is 0 Å². The molecule has 3 heteroatoms. The Kier molecular flexibility index (Phi) is 2.13. The maximum absolute atomic E-state index is 10.5. The molecule has 2 N–H and O–H groups in total. The van der Waals surface area contributed by atoms with Gasteiger partial charge in [0, 0.05) is 0 Å². The van der Waals surface area contributed by atoms with Crippen LogP contribution < -0.4 is 0 Å². The Labute approximate surface area is 121 Å². The predicted octanol–water partition coefficient (Wildman–Crippen LogP) is 2.84. The van der Waals surface area contributed by atoms with Gasteiger partial charge in [0.05, 0.1) is 0 Å². The van der Waals surface area contributed by atoms with Crippen LogP contribution in [0.2, 0.25) is 0 Å². The van der Waals surface area contributed by atoms with Crippen LogP contribution in [0.4, 0.5) is 0 Å². The van der Waals surface area contributed by atoms with Crippen LogP contribution in [-0.2, 0) is 4.74 Å². The second-order valence-corrected chi connectivity index (χ2v) is 5.91. The summed E-state index contributed by atoms with van der Waals surface area (Å²) in [5, 5.41) is 25.1. The van der Waals surface area contributed by atoms with Crippen molar-refractivity contribution in [3.8, 4) is 0 Å². The van der Waals surface area contributed by atoms with Gasteiger partial charge >= 0.3 is 0 Å². The van der Waals surface area contributed by atoms with Crippen molar-refractivity contribution in [3.05, 3.63) is 59.7 Å². The molecule has 1 saturated heterocycles.